The topological polar surface area (TPSA) is 16.6 Å². The van der Waals surface area contributed by atoms with Crippen LogP contribution < -0.4 is 5.32 Å². The SMILES string of the molecule is C[C@@H]1C=C[C@H](C)[NH2+]1. The van der Waals surface area contributed by atoms with Crippen LogP contribution in [0.4, 0.5) is 0 Å². The van der Waals surface area contributed by atoms with Crippen molar-refractivity contribution < 1.29 is 5.32 Å². The first-order valence-corrected chi connectivity index (χ1v) is 2.82. The fourth-order valence-corrected chi connectivity index (χ4v) is 0.958. The van der Waals surface area contributed by atoms with E-state index in [-0.39, 0.29) is 0 Å². The fraction of sp³-hybridized carbons (Fsp3) is 0.667. The highest BCUT2D eigenvalue weighted by molar-refractivity contribution is 4.94. The number of hydrogen-bond acceptors (Lipinski definition) is 0. The van der Waals surface area contributed by atoms with Gasteiger partial charge in [-0.05, 0) is 26.0 Å². The summed E-state index contributed by atoms with van der Waals surface area (Å²) in [7, 11) is 0. The summed E-state index contributed by atoms with van der Waals surface area (Å²) >= 11 is 0. The molecule has 1 rings (SSSR count). The Morgan fingerprint density at radius 1 is 1.14 bits per heavy atom. The largest absolute Gasteiger partial charge is 0.335 e. The molecular weight excluding hydrogens is 86.1 g/mol. The molecule has 40 valence electrons. The molecule has 0 aromatic carbocycles. The second-order valence-corrected chi connectivity index (χ2v) is 2.30. The molecule has 0 aliphatic carbocycles. The zero-order valence-electron chi connectivity index (χ0n) is 4.89. The Balaban J connectivity index is 2.42. The van der Waals surface area contributed by atoms with Gasteiger partial charge in [0.2, 0.25) is 0 Å². The van der Waals surface area contributed by atoms with Crippen LogP contribution in [-0.2, 0) is 0 Å². The Labute approximate surface area is 44.4 Å². The summed E-state index contributed by atoms with van der Waals surface area (Å²) in [4.78, 5) is 0. The Morgan fingerprint density at radius 3 is 1.71 bits per heavy atom. The second kappa shape index (κ2) is 1.66. The van der Waals surface area contributed by atoms with E-state index >= 15 is 0 Å². The predicted octanol–water partition coefficient (Wildman–Crippen LogP) is -0.103. The Kier molecular flexibility index (Phi) is 1.15. The van der Waals surface area contributed by atoms with Gasteiger partial charge in [0.25, 0.3) is 0 Å². The van der Waals surface area contributed by atoms with E-state index in [1.165, 1.54) is 0 Å². The van der Waals surface area contributed by atoms with E-state index in [1.54, 1.807) is 0 Å². The highest BCUT2D eigenvalue weighted by Gasteiger charge is 2.10. The van der Waals surface area contributed by atoms with Gasteiger partial charge in [0, 0.05) is 0 Å². The van der Waals surface area contributed by atoms with Crippen molar-refractivity contribution in [3.05, 3.63) is 12.2 Å². The zero-order valence-corrected chi connectivity index (χ0v) is 4.89. The van der Waals surface area contributed by atoms with Crippen LogP contribution in [0.2, 0.25) is 0 Å². The molecule has 1 aliphatic rings. The molecule has 1 heterocycles. The maximum Gasteiger partial charge on any atom is 0.102 e. The first-order valence-electron chi connectivity index (χ1n) is 2.82. The lowest BCUT2D eigenvalue weighted by atomic mass is 10.4. The summed E-state index contributed by atoms with van der Waals surface area (Å²) < 4.78 is 0. The van der Waals surface area contributed by atoms with Gasteiger partial charge in [-0.15, -0.1) is 0 Å². The number of nitrogens with two attached hydrogens (primary N) is 1. The molecule has 1 nitrogen and oxygen atoms in total. The highest BCUT2D eigenvalue weighted by Crippen LogP contribution is 1.88. The van der Waals surface area contributed by atoms with Gasteiger partial charge in [-0.25, -0.2) is 0 Å². The average Bonchev–Trinajstić information content (AvgIpc) is 1.87. The van der Waals surface area contributed by atoms with E-state index in [0.717, 1.165) is 12.1 Å². The molecule has 0 saturated carbocycles. The van der Waals surface area contributed by atoms with Crippen molar-refractivity contribution in [1.29, 1.82) is 0 Å². The van der Waals surface area contributed by atoms with E-state index in [9.17, 15) is 0 Å². The summed E-state index contributed by atoms with van der Waals surface area (Å²) in [5.41, 5.74) is 0. The van der Waals surface area contributed by atoms with Gasteiger partial charge in [-0.3, -0.25) is 0 Å². The van der Waals surface area contributed by atoms with E-state index in [4.69, 9.17) is 0 Å². The smallest absolute Gasteiger partial charge is 0.102 e. The van der Waals surface area contributed by atoms with Crippen LogP contribution in [0, 0.1) is 0 Å². The van der Waals surface area contributed by atoms with Gasteiger partial charge in [-0.1, -0.05) is 0 Å². The maximum atomic E-state index is 2.33. The van der Waals surface area contributed by atoms with Gasteiger partial charge in [-0.2, -0.15) is 0 Å². The first kappa shape index (κ1) is 4.85. The highest BCUT2D eigenvalue weighted by atomic mass is 14.9. The quantitative estimate of drug-likeness (QED) is 0.407. The number of hydrogen-bond donors (Lipinski definition) is 1. The minimum atomic E-state index is 0.718. The van der Waals surface area contributed by atoms with Crippen molar-refractivity contribution in [2.75, 3.05) is 0 Å². The lowest BCUT2D eigenvalue weighted by Crippen LogP contribution is -2.90. The third-order valence-electron chi connectivity index (χ3n) is 1.33. The molecule has 1 heteroatoms. The van der Waals surface area contributed by atoms with Crippen LogP contribution in [0.1, 0.15) is 13.8 Å². The lowest BCUT2D eigenvalue weighted by molar-refractivity contribution is -0.688. The van der Waals surface area contributed by atoms with E-state index in [0.29, 0.717) is 0 Å². The standard InChI is InChI=1S/C6H11N/c1-5-3-4-6(2)7-5/h3-7H,1-2H3/p+1/t5-,6+. The van der Waals surface area contributed by atoms with Crippen LogP contribution in [0.25, 0.3) is 0 Å². The molecule has 0 unspecified atom stereocenters. The van der Waals surface area contributed by atoms with Crippen LogP contribution in [-0.4, -0.2) is 12.1 Å². The minimum absolute atomic E-state index is 0.718. The molecule has 0 aromatic rings. The first-order chi connectivity index (χ1) is 3.29. The molecule has 2 N–H and O–H groups in total. The predicted molar refractivity (Wildman–Crippen MR) is 30.0 cm³/mol. The van der Waals surface area contributed by atoms with E-state index in [2.05, 4.69) is 31.3 Å². The van der Waals surface area contributed by atoms with Crippen molar-refractivity contribution in [2.45, 2.75) is 25.9 Å². The van der Waals surface area contributed by atoms with Gasteiger partial charge in [0.05, 0.1) is 0 Å². The Morgan fingerprint density at radius 2 is 1.57 bits per heavy atom. The molecular formula is C6H12N+. The molecule has 0 saturated heterocycles. The molecule has 0 spiro atoms. The summed E-state index contributed by atoms with van der Waals surface area (Å²) in [5.74, 6) is 0. The molecule has 0 radical (unpaired) electrons. The van der Waals surface area contributed by atoms with Crippen LogP contribution in [0.3, 0.4) is 0 Å². The Hall–Kier alpha value is -0.300. The fourth-order valence-electron chi connectivity index (χ4n) is 0.958. The summed E-state index contributed by atoms with van der Waals surface area (Å²) in [6, 6.07) is 1.44. The van der Waals surface area contributed by atoms with Gasteiger partial charge in [0.15, 0.2) is 0 Å². The third-order valence-corrected chi connectivity index (χ3v) is 1.33. The Bertz CT molecular complexity index is 76.2. The zero-order chi connectivity index (χ0) is 5.28. The van der Waals surface area contributed by atoms with E-state index < -0.39 is 0 Å². The number of quaternary nitrogens is 1. The lowest BCUT2D eigenvalue weighted by Gasteiger charge is -1.99. The monoisotopic (exact) mass is 98.1 g/mol. The van der Waals surface area contributed by atoms with Crippen LogP contribution in [0.5, 0.6) is 0 Å². The third kappa shape index (κ3) is 1.03. The molecule has 0 aromatic heterocycles. The average molecular weight is 98.2 g/mol. The molecule has 0 bridgehead atoms. The van der Waals surface area contributed by atoms with Crippen LogP contribution >= 0.6 is 0 Å². The molecule has 1 aliphatic heterocycles. The van der Waals surface area contributed by atoms with Crippen molar-refractivity contribution in [3.8, 4) is 0 Å². The van der Waals surface area contributed by atoms with Gasteiger partial charge < -0.3 is 5.32 Å². The summed E-state index contributed by atoms with van der Waals surface area (Å²) in [6.07, 6.45) is 4.48. The van der Waals surface area contributed by atoms with Crippen molar-refractivity contribution in [3.63, 3.8) is 0 Å². The van der Waals surface area contributed by atoms with Crippen molar-refractivity contribution >= 4 is 0 Å². The van der Waals surface area contributed by atoms with Gasteiger partial charge >= 0.3 is 0 Å². The summed E-state index contributed by atoms with van der Waals surface area (Å²) in [5, 5.41) is 2.33. The van der Waals surface area contributed by atoms with Crippen molar-refractivity contribution in [2.24, 2.45) is 0 Å². The molecule has 2 atom stereocenters. The normalized spacial score (nSPS) is 39.7. The van der Waals surface area contributed by atoms with Crippen LogP contribution in [0.15, 0.2) is 12.2 Å². The van der Waals surface area contributed by atoms with Gasteiger partial charge in [0.1, 0.15) is 12.1 Å². The summed E-state index contributed by atoms with van der Waals surface area (Å²) in [6.45, 7) is 4.42. The molecule has 7 heavy (non-hydrogen) atoms. The van der Waals surface area contributed by atoms with E-state index in [1.807, 2.05) is 0 Å². The maximum absolute atomic E-state index is 2.33. The number of rotatable bonds is 0. The van der Waals surface area contributed by atoms with Crippen molar-refractivity contribution in [1.82, 2.24) is 0 Å². The molecule has 0 amide bonds. The molecule has 0 fully saturated rings. The second-order valence-electron chi connectivity index (χ2n) is 2.30. The minimum Gasteiger partial charge on any atom is -0.335 e.